The molecule has 2 fully saturated rings. The molecule has 0 aromatic heterocycles. The molecule has 0 aromatic rings. The van der Waals surface area contributed by atoms with Crippen molar-refractivity contribution >= 4 is 11.9 Å². The van der Waals surface area contributed by atoms with Crippen LogP contribution in [0.25, 0.3) is 0 Å². The van der Waals surface area contributed by atoms with E-state index in [9.17, 15) is 9.59 Å². The smallest absolute Gasteiger partial charge is 0.324 e. The molecule has 0 radical (unpaired) electrons. The summed E-state index contributed by atoms with van der Waals surface area (Å²) in [5.41, 5.74) is 0.470. The number of rotatable bonds is 5. The Kier molecular flexibility index (Phi) is 4.68. The van der Waals surface area contributed by atoms with E-state index in [1.807, 2.05) is 0 Å². The van der Waals surface area contributed by atoms with Gasteiger partial charge in [-0.2, -0.15) is 0 Å². The van der Waals surface area contributed by atoms with Gasteiger partial charge in [0.15, 0.2) is 0 Å². The summed E-state index contributed by atoms with van der Waals surface area (Å²) in [5.74, 6) is 0.582. The molecule has 0 aromatic carbocycles. The molecule has 2 atom stereocenters. The summed E-state index contributed by atoms with van der Waals surface area (Å²) >= 11 is 0. The van der Waals surface area contributed by atoms with Crippen LogP contribution in [-0.4, -0.2) is 42.5 Å². The number of nitrogens with one attached hydrogen (secondary N) is 2. The molecule has 1 saturated carbocycles. The van der Waals surface area contributed by atoms with Crippen LogP contribution in [0.5, 0.6) is 0 Å². The number of carbonyl (C=O) groups excluding carboxylic acids is 2. The van der Waals surface area contributed by atoms with Gasteiger partial charge in [0.25, 0.3) is 0 Å². The highest BCUT2D eigenvalue weighted by molar-refractivity contribution is 6.01. The molecule has 20 heavy (non-hydrogen) atoms. The highest BCUT2D eigenvalue weighted by atomic mass is 16.2. The fourth-order valence-electron chi connectivity index (χ4n) is 3.46. The van der Waals surface area contributed by atoms with Crippen molar-refractivity contribution in [2.24, 2.45) is 11.3 Å². The Balaban J connectivity index is 1.66. The van der Waals surface area contributed by atoms with E-state index in [-0.39, 0.29) is 18.5 Å². The third-order valence-electron chi connectivity index (χ3n) is 4.60. The van der Waals surface area contributed by atoms with Gasteiger partial charge < -0.3 is 10.6 Å². The van der Waals surface area contributed by atoms with E-state index in [1.54, 1.807) is 0 Å². The van der Waals surface area contributed by atoms with E-state index >= 15 is 0 Å². The minimum Gasteiger partial charge on any atom is -0.329 e. The monoisotopic (exact) mass is 281 g/mol. The lowest BCUT2D eigenvalue weighted by Gasteiger charge is -2.39. The molecule has 114 valence electrons. The van der Waals surface area contributed by atoms with Crippen molar-refractivity contribution in [3.8, 4) is 0 Å². The topological polar surface area (TPSA) is 61.4 Å². The Morgan fingerprint density at radius 2 is 2.15 bits per heavy atom. The van der Waals surface area contributed by atoms with E-state index in [1.165, 1.54) is 24.2 Å². The van der Waals surface area contributed by atoms with Crippen LogP contribution >= 0.6 is 0 Å². The fraction of sp³-hybridized carbons (Fsp3) is 0.867. The molecule has 1 heterocycles. The summed E-state index contributed by atoms with van der Waals surface area (Å²) < 4.78 is 0. The predicted molar refractivity (Wildman–Crippen MR) is 78.3 cm³/mol. The van der Waals surface area contributed by atoms with Crippen molar-refractivity contribution < 1.29 is 9.59 Å². The van der Waals surface area contributed by atoms with E-state index < -0.39 is 0 Å². The van der Waals surface area contributed by atoms with Gasteiger partial charge in [-0.15, -0.1) is 0 Å². The van der Waals surface area contributed by atoms with Crippen LogP contribution in [0.4, 0.5) is 4.79 Å². The first kappa shape index (κ1) is 15.3. The van der Waals surface area contributed by atoms with Crippen LogP contribution in [0, 0.1) is 11.3 Å². The van der Waals surface area contributed by atoms with E-state index in [0.717, 1.165) is 13.0 Å². The van der Waals surface area contributed by atoms with Crippen molar-refractivity contribution in [1.29, 1.82) is 0 Å². The SMILES string of the molecule is CC1CC(C)(C)CCC1NCCCN1C(=O)CNC1=O. The molecule has 1 aliphatic heterocycles. The van der Waals surface area contributed by atoms with E-state index in [2.05, 4.69) is 31.4 Å². The zero-order valence-electron chi connectivity index (χ0n) is 12.9. The van der Waals surface area contributed by atoms with Crippen molar-refractivity contribution in [2.75, 3.05) is 19.6 Å². The average molecular weight is 281 g/mol. The molecular weight excluding hydrogens is 254 g/mol. The first-order valence-corrected chi connectivity index (χ1v) is 7.71. The molecule has 3 amide bonds. The van der Waals surface area contributed by atoms with Crippen molar-refractivity contribution in [3.63, 3.8) is 0 Å². The molecule has 1 aliphatic carbocycles. The van der Waals surface area contributed by atoms with Gasteiger partial charge in [-0.3, -0.25) is 9.69 Å². The summed E-state index contributed by atoms with van der Waals surface area (Å²) in [6.07, 6.45) is 4.57. The maximum absolute atomic E-state index is 11.4. The van der Waals surface area contributed by atoms with Crippen LogP contribution in [0.1, 0.15) is 46.5 Å². The lowest BCUT2D eigenvalue weighted by Crippen LogP contribution is -2.42. The number of carbonyl (C=O) groups is 2. The second-order valence-electron chi connectivity index (χ2n) is 7.00. The highest BCUT2D eigenvalue weighted by Crippen LogP contribution is 2.38. The minimum absolute atomic E-state index is 0.109. The maximum atomic E-state index is 11.4. The molecule has 5 nitrogen and oxygen atoms in total. The van der Waals surface area contributed by atoms with Crippen molar-refractivity contribution in [2.45, 2.75) is 52.5 Å². The normalized spacial score (nSPS) is 29.6. The number of urea groups is 1. The standard InChI is InChI=1S/C15H27N3O2/c1-11-9-15(2,3)6-5-12(11)16-7-4-8-18-13(19)10-17-14(18)20/h11-12,16H,4-10H2,1-3H3,(H,17,20). The van der Waals surface area contributed by atoms with Crippen molar-refractivity contribution in [3.05, 3.63) is 0 Å². The third-order valence-corrected chi connectivity index (χ3v) is 4.60. The summed E-state index contributed by atoms with van der Waals surface area (Å²) in [5, 5.41) is 6.14. The van der Waals surface area contributed by atoms with Gasteiger partial charge in [0.1, 0.15) is 0 Å². The molecule has 2 unspecified atom stereocenters. The zero-order valence-corrected chi connectivity index (χ0v) is 12.9. The average Bonchev–Trinajstić information content (AvgIpc) is 2.67. The lowest BCUT2D eigenvalue weighted by molar-refractivity contribution is -0.125. The molecule has 2 N–H and O–H groups in total. The number of hydrogen-bond acceptors (Lipinski definition) is 3. The van der Waals surface area contributed by atoms with Gasteiger partial charge in [-0.1, -0.05) is 20.8 Å². The maximum Gasteiger partial charge on any atom is 0.324 e. The fourth-order valence-corrected chi connectivity index (χ4v) is 3.46. The summed E-state index contributed by atoms with van der Waals surface area (Å²) in [4.78, 5) is 24.1. The van der Waals surface area contributed by atoms with Gasteiger partial charge in [-0.05, 0) is 43.6 Å². The Morgan fingerprint density at radius 3 is 2.75 bits per heavy atom. The Morgan fingerprint density at radius 1 is 1.40 bits per heavy atom. The van der Waals surface area contributed by atoms with E-state index in [4.69, 9.17) is 0 Å². The molecule has 0 bridgehead atoms. The number of nitrogens with zero attached hydrogens (tertiary/aromatic N) is 1. The molecular formula is C15H27N3O2. The van der Waals surface area contributed by atoms with Crippen molar-refractivity contribution in [1.82, 2.24) is 15.5 Å². The Hall–Kier alpha value is -1.10. The second-order valence-corrected chi connectivity index (χ2v) is 7.00. The summed E-state index contributed by atoms with van der Waals surface area (Å²) in [7, 11) is 0. The van der Waals surface area contributed by atoms with Crippen LogP contribution in [0.15, 0.2) is 0 Å². The Labute approximate surface area is 121 Å². The first-order chi connectivity index (χ1) is 9.39. The Bertz CT molecular complexity index is 365. The molecule has 5 heteroatoms. The van der Waals surface area contributed by atoms with Crippen LogP contribution in [0.3, 0.4) is 0 Å². The number of amides is 3. The predicted octanol–water partition coefficient (Wildman–Crippen LogP) is 1.73. The second kappa shape index (κ2) is 6.12. The molecule has 1 saturated heterocycles. The lowest BCUT2D eigenvalue weighted by atomic mass is 9.70. The minimum atomic E-state index is -0.247. The summed E-state index contributed by atoms with van der Waals surface area (Å²) in [6, 6.07) is 0.328. The summed E-state index contributed by atoms with van der Waals surface area (Å²) in [6.45, 7) is 8.54. The molecule has 2 aliphatic rings. The van der Waals surface area contributed by atoms with Gasteiger partial charge in [-0.25, -0.2) is 4.79 Å². The van der Waals surface area contributed by atoms with E-state index in [0.29, 0.717) is 23.9 Å². The number of hydrogen-bond donors (Lipinski definition) is 2. The van der Waals surface area contributed by atoms with Gasteiger partial charge in [0.2, 0.25) is 5.91 Å². The largest absolute Gasteiger partial charge is 0.329 e. The quantitative estimate of drug-likeness (QED) is 0.596. The molecule has 2 rings (SSSR count). The third kappa shape index (κ3) is 3.72. The van der Waals surface area contributed by atoms with Crippen LogP contribution in [-0.2, 0) is 4.79 Å². The van der Waals surface area contributed by atoms with Gasteiger partial charge in [0.05, 0.1) is 6.54 Å². The highest BCUT2D eigenvalue weighted by Gasteiger charge is 2.32. The van der Waals surface area contributed by atoms with Crippen LogP contribution < -0.4 is 10.6 Å². The zero-order chi connectivity index (χ0) is 14.8. The number of imide groups is 1. The van der Waals surface area contributed by atoms with Gasteiger partial charge in [0, 0.05) is 12.6 Å². The van der Waals surface area contributed by atoms with Crippen LogP contribution in [0.2, 0.25) is 0 Å². The first-order valence-electron chi connectivity index (χ1n) is 7.71. The molecule has 0 spiro atoms. The van der Waals surface area contributed by atoms with Gasteiger partial charge >= 0.3 is 6.03 Å².